The molecule has 0 atom stereocenters. The number of alkyl carbamates (subject to hydrolysis) is 1. The van der Waals surface area contributed by atoms with E-state index in [-0.39, 0.29) is 19.2 Å². The monoisotopic (exact) mass is 313 g/mol. The number of anilines is 1. The van der Waals surface area contributed by atoms with E-state index in [2.05, 4.69) is 16.0 Å². The zero-order chi connectivity index (χ0) is 16.3. The van der Waals surface area contributed by atoms with Crippen molar-refractivity contribution < 1.29 is 14.3 Å². The molecule has 2 rings (SSSR count). The first-order valence-electron chi connectivity index (χ1n) is 7.28. The normalized spacial score (nSPS) is 9.74. The molecular formula is C17H19N3O3. The number of urea groups is 1. The molecule has 0 heterocycles. The van der Waals surface area contributed by atoms with Crippen LogP contribution in [0.15, 0.2) is 60.7 Å². The number of hydrogen-bond acceptors (Lipinski definition) is 3. The molecule has 2 aromatic carbocycles. The highest BCUT2D eigenvalue weighted by molar-refractivity contribution is 5.89. The summed E-state index contributed by atoms with van der Waals surface area (Å²) in [6.45, 7) is 0.809. The number of nitrogens with one attached hydrogen (secondary N) is 3. The van der Waals surface area contributed by atoms with E-state index >= 15 is 0 Å². The predicted octanol–water partition coefficient (Wildman–Crippen LogP) is 2.73. The Morgan fingerprint density at radius 1 is 0.826 bits per heavy atom. The maximum absolute atomic E-state index is 11.6. The van der Waals surface area contributed by atoms with Crippen LogP contribution in [0.4, 0.5) is 15.3 Å². The van der Waals surface area contributed by atoms with E-state index in [1.54, 1.807) is 12.1 Å². The summed E-state index contributed by atoms with van der Waals surface area (Å²) < 4.78 is 5.05. The average Bonchev–Trinajstić information content (AvgIpc) is 2.59. The van der Waals surface area contributed by atoms with Crippen molar-refractivity contribution in [1.82, 2.24) is 10.6 Å². The van der Waals surface area contributed by atoms with Crippen molar-refractivity contribution in [3.63, 3.8) is 0 Å². The Balaban J connectivity index is 1.56. The van der Waals surface area contributed by atoms with Crippen LogP contribution >= 0.6 is 0 Å². The van der Waals surface area contributed by atoms with Gasteiger partial charge in [-0.3, -0.25) is 0 Å². The van der Waals surface area contributed by atoms with Gasteiger partial charge in [-0.05, 0) is 17.7 Å². The van der Waals surface area contributed by atoms with Gasteiger partial charge in [0.2, 0.25) is 0 Å². The van der Waals surface area contributed by atoms with Gasteiger partial charge in [0.25, 0.3) is 0 Å². The fourth-order valence-electron chi connectivity index (χ4n) is 1.81. The van der Waals surface area contributed by atoms with E-state index in [1.165, 1.54) is 0 Å². The first-order chi connectivity index (χ1) is 11.2. The van der Waals surface area contributed by atoms with Crippen LogP contribution in [0, 0.1) is 0 Å². The molecule has 0 spiro atoms. The smallest absolute Gasteiger partial charge is 0.407 e. The van der Waals surface area contributed by atoms with Crippen molar-refractivity contribution in [1.29, 1.82) is 0 Å². The molecule has 6 nitrogen and oxygen atoms in total. The van der Waals surface area contributed by atoms with Crippen molar-refractivity contribution in [2.24, 2.45) is 0 Å². The van der Waals surface area contributed by atoms with Crippen LogP contribution < -0.4 is 16.0 Å². The van der Waals surface area contributed by atoms with E-state index in [9.17, 15) is 9.59 Å². The Labute approximate surface area is 134 Å². The minimum absolute atomic E-state index is 0.217. The van der Waals surface area contributed by atoms with E-state index in [0.29, 0.717) is 12.2 Å². The lowest BCUT2D eigenvalue weighted by molar-refractivity contribution is 0.139. The Morgan fingerprint density at radius 2 is 1.43 bits per heavy atom. The third kappa shape index (κ3) is 6.52. The summed E-state index contributed by atoms with van der Waals surface area (Å²) in [4.78, 5) is 23.1. The number of benzene rings is 2. The van der Waals surface area contributed by atoms with Crippen molar-refractivity contribution in [3.05, 3.63) is 66.2 Å². The van der Waals surface area contributed by atoms with E-state index in [0.717, 1.165) is 5.56 Å². The second kappa shape index (κ2) is 9.09. The lowest BCUT2D eigenvalue weighted by atomic mass is 10.2. The molecule has 0 aromatic heterocycles. The minimum Gasteiger partial charge on any atom is -0.445 e. The highest BCUT2D eigenvalue weighted by atomic mass is 16.5. The van der Waals surface area contributed by atoms with Crippen LogP contribution in [-0.2, 0) is 11.3 Å². The number of carbonyl (C=O) groups is 2. The lowest BCUT2D eigenvalue weighted by Gasteiger charge is -2.09. The van der Waals surface area contributed by atoms with Crippen molar-refractivity contribution in [3.8, 4) is 0 Å². The zero-order valence-corrected chi connectivity index (χ0v) is 12.6. The predicted molar refractivity (Wildman–Crippen MR) is 88.1 cm³/mol. The maximum atomic E-state index is 11.6. The highest BCUT2D eigenvalue weighted by Gasteiger charge is 2.03. The first kappa shape index (κ1) is 16.4. The SMILES string of the molecule is O=C(NCCNC(=O)OCc1ccccc1)Nc1ccccc1. The van der Waals surface area contributed by atoms with Gasteiger partial charge in [-0.2, -0.15) is 0 Å². The van der Waals surface area contributed by atoms with Gasteiger partial charge in [0.05, 0.1) is 0 Å². The van der Waals surface area contributed by atoms with Gasteiger partial charge in [-0.1, -0.05) is 48.5 Å². The molecule has 3 amide bonds. The maximum Gasteiger partial charge on any atom is 0.407 e. The van der Waals surface area contributed by atoms with E-state index in [4.69, 9.17) is 4.74 Å². The summed E-state index contributed by atoms with van der Waals surface area (Å²) in [6.07, 6.45) is -0.515. The largest absolute Gasteiger partial charge is 0.445 e. The summed E-state index contributed by atoms with van der Waals surface area (Å²) in [6, 6.07) is 18.2. The number of ether oxygens (including phenoxy) is 1. The Kier molecular flexibility index (Phi) is 6.46. The zero-order valence-electron chi connectivity index (χ0n) is 12.6. The molecule has 120 valence electrons. The molecule has 0 aliphatic carbocycles. The third-order valence-electron chi connectivity index (χ3n) is 2.92. The van der Waals surface area contributed by atoms with E-state index in [1.807, 2.05) is 48.5 Å². The van der Waals surface area contributed by atoms with Gasteiger partial charge in [-0.25, -0.2) is 9.59 Å². The minimum atomic E-state index is -0.515. The standard InChI is InChI=1S/C17H19N3O3/c21-16(20-15-9-5-2-6-10-15)18-11-12-19-17(22)23-13-14-7-3-1-4-8-14/h1-10H,11-13H2,(H,19,22)(H2,18,20,21). The quantitative estimate of drug-likeness (QED) is 0.717. The molecule has 0 aliphatic heterocycles. The van der Waals surface area contributed by atoms with Gasteiger partial charge in [0, 0.05) is 18.8 Å². The molecule has 0 unspecified atom stereocenters. The molecular weight excluding hydrogens is 294 g/mol. The molecule has 0 saturated heterocycles. The van der Waals surface area contributed by atoms with Crippen LogP contribution in [-0.4, -0.2) is 25.2 Å². The van der Waals surface area contributed by atoms with Crippen molar-refractivity contribution in [2.45, 2.75) is 6.61 Å². The summed E-state index contributed by atoms with van der Waals surface area (Å²) in [7, 11) is 0. The fraction of sp³-hybridized carbons (Fsp3) is 0.176. The summed E-state index contributed by atoms with van der Waals surface area (Å²) in [5, 5.41) is 7.89. The molecule has 3 N–H and O–H groups in total. The number of amides is 3. The first-order valence-corrected chi connectivity index (χ1v) is 7.28. The average molecular weight is 313 g/mol. The molecule has 23 heavy (non-hydrogen) atoms. The Bertz CT molecular complexity index is 617. The second-order valence-corrected chi connectivity index (χ2v) is 4.74. The van der Waals surface area contributed by atoms with Crippen LogP contribution in [0.1, 0.15) is 5.56 Å². The number of carbonyl (C=O) groups excluding carboxylic acids is 2. The third-order valence-corrected chi connectivity index (χ3v) is 2.92. The molecule has 0 aliphatic rings. The van der Waals surface area contributed by atoms with Gasteiger partial charge in [-0.15, -0.1) is 0 Å². The Morgan fingerprint density at radius 3 is 2.13 bits per heavy atom. The lowest BCUT2D eigenvalue weighted by Crippen LogP contribution is -2.36. The summed E-state index contributed by atoms with van der Waals surface area (Å²) >= 11 is 0. The van der Waals surface area contributed by atoms with Crippen LogP contribution in [0.5, 0.6) is 0 Å². The van der Waals surface area contributed by atoms with Crippen LogP contribution in [0.2, 0.25) is 0 Å². The van der Waals surface area contributed by atoms with E-state index < -0.39 is 6.09 Å². The second-order valence-electron chi connectivity index (χ2n) is 4.74. The van der Waals surface area contributed by atoms with Crippen LogP contribution in [0.3, 0.4) is 0 Å². The molecule has 0 radical (unpaired) electrons. The molecule has 0 bridgehead atoms. The molecule has 0 saturated carbocycles. The fourth-order valence-corrected chi connectivity index (χ4v) is 1.81. The summed E-state index contributed by atoms with van der Waals surface area (Å²) in [5.74, 6) is 0. The number of hydrogen-bond donors (Lipinski definition) is 3. The molecule has 0 fully saturated rings. The van der Waals surface area contributed by atoms with Crippen molar-refractivity contribution >= 4 is 17.8 Å². The molecule has 2 aromatic rings. The van der Waals surface area contributed by atoms with Crippen molar-refractivity contribution in [2.75, 3.05) is 18.4 Å². The topological polar surface area (TPSA) is 79.5 Å². The Hall–Kier alpha value is -3.02. The highest BCUT2D eigenvalue weighted by Crippen LogP contribution is 2.04. The molecule has 6 heteroatoms. The van der Waals surface area contributed by atoms with Gasteiger partial charge < -0.3 is 20.7 Å². The van der Waals surface area contributed by atoms with Crippen LogP contribution in [0.25, 0.3) is 0 Å². The number of rotatable bonds is 6. The van der Waals surface area contributed by atoms with Gasteiger partial charge in [0.15, 0.2) is 0 Å². The van der Waals surface area contributed by atoms with Gasteiger partial charge in [0.1, 0.15) is 6.61 Å². The number of para-hydroxylation sites is 1. The summed E-state index contributed by atoms with van der Waals surface area (Å²) in [5.41, 5.74) is 1.63. The van der Waals surface area contributed by atoms with Gasteiger partial charge >= 0.3 is 12.1 Å².